The van der Waals surface area contributed by atoms with Crippen LogP contribution in [0, 0.1) is 6.92 Å². The Kier molecular flexibility index (Phi) is 7.50. The van der Waals surface area contributed by atoms with E-state index >= 15 is 0 Å². The van der Waals surface area contributed by atoms with Crippen molar-refractivity contribution in [1.29, 1.82) is 0 Å². The predicted octanol–water partition coefficient (Wildman–Crippen LogP) is 6.89. The number of para-hydroxylation sites is 1. The Labute approximate surface area is 266 Å². The van der Waals surface area contributed by atoms with Crippen LogP contribution in [0.15, 0.2) is 84.9 Å². The molecule has 0 bridgehead atoms. The van der Waals surface area contributed by atoms with E-state index in [-0.39, 0.29) is 31.1 Å². The predicted molar refractivity (Wildman–Crippen MR) is 165 cm³/mol. The fraction of sp³-hybridized carbons (Fsp3) is 0.229. The smallest absolute Gasteiger partial charge is 0.471 e. The minimum atomic E-state index is -5.18. The Morgan fingerprint density at radius 1 is 0.979 bits per heavy atom. The van der Waals surface area contributed by atoms with E-state index in [9.17, 15) is 27.9 Å². The normalized spacial score (nSPS) is 16.7. The number of imidazole rings is 1. The van der Waals surface area contributed by atoms with E-state index in [1.54, 1.807) is 18.2 Å². The molecule has 0 saturated heterocycles. The Morgan fingerprint density at radius 3 is 2.55 bits per heavy atom. The number of hydrogen-bond donors (Lipinski definition) is 1. The number of hydrogen-bond acceptors (Lipinski definition) is 6. The van der Waals surface area contributed by atoms with Crippen molar-refractivity contribution in [1.82, 2.24) is 9.55 Å². The minimum absolute atomic E-state index is 0.0432. The molecule has 0 unspecified atom stereocenters. The summed E-state index contributed by atoms with van der Waals surface area (Å²) in [6, 6.07) is 23.5. The zero-order chi connectivity index (χ0) is 32.9. The number of anilines is 1. The molecule has 2 aliphatic heterocycles. The maximum atomic E-state index is 14.1. The molecule has 9 nitrogen and oxygen atoms in total. The number of amides is 1. The first kappa shape index (κ1) is 30.2. The lowest BCUT2D eigenvalue weighted by Gasteiger charge is -2.29. The van der Waals surface area contributed by atoms with Gasteiger partial charge in [-0.05, 0) is 36.8 Å². The van der Waals surface area contributed by atoms with E-state index in [1.807, 2.05) is 60.0 Å². The fourth-order valence-electron chi connectivity index (χ4n) is 6.28. The van der Waals surface area contributed by atoms with Gasteiger partial charge in [0.05, 0.1) is 35.8 Å². The summed E-state index contributed by atoms with van der Waals surface area (Å²) in [4.78, 5) is 29.7. The summed E-state index contributed by atoms with van der Waals surface area (Å²) in [6.45, 7) is 2.03. The zero-order valence-electron chi connectivity index (χ0n) is 25.0. The number of aliphatic carboxylic acids is 1. The molecule has 3 heterocycles. The maximum Gasteiger partial charge on any atom is 0.471 e. The molecule has 4 aromatic carbocycles. The number of nitrogens with zero attached hydrogens (tertiary/aromatic N) is 3. The van der Waals surface area contributed by atoms with Gasteiger partial charge in [-0.15, -0.1) is 0 Å². The zero-order valence-corrected chi connectivity index (χ0v) is 25.0. The number of halogens is 3. The van der Waals surface area contributed by atoms with E-state index < -0.39 is 30.0 Å². The first-order valence-electron chi connectivity index (χ1n) is 14.9. The van der Waals surface area contributed by atoms with Crippen molar-refractivity contribution in [3.8, 4) is 22.9 Å². The van der Waals surface area contributed by atoms with E-state index in [4.69, 9.17) is 14.2 Å². The van der Waals surface area contributed by atoms with Crippen LogP contribution in [0.25, 0.3) is 16.7 Å². The Bertz CT molecular complexity index is 2010. The second-order valence-corrected chi connectivity index (χ2v) is 11.4. The van der Waals surface area contributed by atoms with Crippen LogP contribution in [0.3, 0.4) is 0 Å². The molecule has 2 atom stereocenters. The molecule has 0 saturated carbocycles. The molecule has 12 heteroatoms. The molecule has 1 N–H and O–H groups in total. The largest absolute Gasteiger partial charge is 0.493 e. The molecule has 0 radical (unpaired) electrons. The van der Waals surface area contributed by atoms with Crippen molar-refractivity contribution < 1.29 is 42.1 Å². The van der Waals surface area contributed by atoms with Crippen LogP contribution >= 0.6 is 0 Å². The van der Waals surface area contributed by atoms with E-state index in [0.717, 1.165) is 5.56 Å². The maximum absolute atomic E-state index is 14.1. The lowest BCUT2D eigenvalue weighted by Crippen LogP contribution is -2.44. The lowest BCUT2D eigenvalue weighted by molar-refractivity contribution is -0.171. The van der Waals surface area contributed by atoms with Gasteiger partial charge in [-0.1, -0.05) is 48.5 Å². The fourth-order valence-corrected chi connectivity index (χ4v) is 6.28. The molecule has 0 aliphatic carbocycles. The van der Waals surface area contributed by atoms with Crippen LogP contribution in [0.4, 0.5) is 18.9 Å². The highest BCUT2D eigenvalue weighted by Gasteiger charge is 2.48. The van der Waals surface area contributed by atoms with Crippen LogP contribution in [-0.2, 0) is 16.2 Å². The molecule has 240 valence electrons. The second-order valence-electron chi connectivity index (χ2n) is 11.4. The molecule has 0 fully saturated rings. The Morgan fingerprint density at radius 2 is 1.79 bits per heavy atom. The van der Waals surface area contributed by atoms with Crippen LogP contribution in [-0.4, -0.2) is 45.9 Å². The number of benzene rings is 4. The van der Waals surface area contributed by atoms with Crippen molar-refractivity contribution in [2.75, 3.05) is 18.1 Å². The van der Waals surface area contributed by atoms with Gasteiger partial charge in [-0.3, -0.25) is 19.1 Å². The molecule has 2 aliphatic rings. The summed E-state index contributed by atoms with van der Waals surface area (Å²) >= 11 is 0. The summed E-state index contributed by atoms with van der Waals surface area (Å²) in [7, 11) is 0. The van der Waals surface area contributed by atoms with Crippen molar-refractivity contribution >= 4 is 28.6 Å². The van der Waals surface area contributed by atoms with Crippen molar-refractivity contribution in [3.05, 3.63) is 107 Å². The molecule has 7 rings (SSSR count). The number of rotatable bonds is 8. The highest BCUT2D eigenvalue weighted by Crippen LogP contribution is 2.46. The second kappa shape index (κ2) is 11.7. The van der Waals surface area contributed by atoms with Crippen LogP contribution < -0.4 is 19.1 Å². The van der Waals surface area contributed by atoms with Gasteiger partial charge in [0, 0.05) is 34.9 Å². The number of carboxylic acid groups (broad SMARTS) is 1. The minimum Gasteiger partial charge on any atom is -0.493 e. The molecule has 47 heavy (non-hydrogen) atoms. The van der Waals surface area contributed by atoms with Crippen LogP contribution in [0.5, 0.6) is 17.2 Å². The van der Waals surface area contributed by atoms with E-state index in [1.165, 1.54) is 18.2 Å². The quantitative estimate of drug-likeness (QED) is 0.196. The van der Waals surface area contributed by atoms with Gasteiger partial charge in [-0.2, -0.15) is 13.2 Å². The first-order valence-corrected chi connectivity index (χ1v) is 14.9. The number of alkyl halides is 3. The highest BCUT2D eigenvalue weighted by atomic mass is 19.4. The van der Waals surface area contributed by atoms with E-state index in [0.29, 0.717) is 56.7 Å². The van der Waals surface area contributed by atoms with Crippen molar-refractivity contribution in [3.63, 3.8) is 0 Å². The number of ether oxygens (including phenoxy) is 3. The SMILES string of the molecule is Cc1nc2ccc(OCc3ccccc3)cc2n1-c1cccc2c1OC[C@H]2N(C(=O)C(F)(F)F)c1ccc2c(c1)OC[C@H]2CC(=O)O. The number of carbonyl (C=O) groups is 2. The van der Waals surface area contributed by atoms with Crippen LogP contribution in [0.1, 0.15) is 40.9 Å². The van der Waals surface area contributed by atoms with Gasteiger partial charge >= 0.3 is 18.1 Å². The monoisotopic (exact) mass is 643 g/mol. The average Bonchev–Trinajstić information content (AvgIpc) is 3.74. The molecular weight excluding hydrogens is 615 g/mol. The molecule has 1 aromatic heterocycles. The lowest BCUT2D eigenvalue weighted by atomic mass is 9.97. The van der Waals surface area contributed by atoms with Gasteiger partial charge in [0.25, 0.3) is 0 Å². The van der Waals surface area contributed by atoms with Crippen molar-refractivity contribution in [2.24, 2.45) is 0 Å². The third kappa shape index (κ3) is 5.60. The summed E-state index contributed by atoms with van der Waals surface area (Å²) in [6.07, 6.45) is -5.37. The number of carbonyl (C=O) groups excluding carboxylic acids is 1. The number of aryl methyl sites for hydroxylation is 1. The van der Waals surface area contributed by atoms with Gasteiger partial charge < -0.3 is 19.3 Å². The Hall–Kier alpha value is -5.52. The summed E-state index contributed by atoms with van der Waals surface area (Å²) in [5.74, 6) is -1.72. The summed E-state index contributed by atoms with van der Waals surface area (Å²) in [5.41, 5.74) is 3.87. The third-order valence-corrected chi connectivity index (χ3v) is 8.40. The van der Waals surface area contributed by atoms with E-state index in [2.05, 4.69) is 4.98 Å². The number of aromatic nitrogens is 2. The highest BCUT2D eigenvalue weighted by molar-refractivity contribution is 5.98. The molecular formula is C35H28F3N3O6. The van der Waals surface area contributed by atoms with Gasteiger partial charge in [0.2, 0.25) is 0 Å². The molecule has 1 amide bonds. The first-order chi connectivity index (χ1) is 22.6. The molecule has 5 aromatic rings. The van der Waals surface area contributed by atoms with Gasteiger partial charge in [0.1, 0.15) is 36.3 Å². The van der Waals surface area contributed by atoms with Crippen molar-refractivity contribution in [2.45, 2.75) is 38.1 Å². The topological polar surface area (TPSA) is 103 Å². The van der Waals surface area contributed by atoms with Crippen LogP contribution in [0.2, 0.25) is 0 Å². The summed E-state index contributed by atoms with van der Waals surface area (Å²) < 4.78 is 61.9. The number of fused-ring (bicyclic) bond motifs is 3. The summed E-state index contributed by atoms with van der Waals surface area (Å²) in [5, 5.41) is 9.23. The molecule has 0 spiro atoms. The van der Waals surface area contributed by atoms with Gasteiger partial charge in [-0.25, -0.2) is 4.98 Å². The Balaban J connectivity index is 1.26. The van der Waals surface area contributed by atoms with Gasteiger partial charge in [0.15, 0.2) is 0 Å². The standard InChI is InChI=1S/C35H28F3N3O6/c1-20-39-27-13-11-24(45-17-21-6-3-2-4-7-21)16-29(27)40(20)28-9-5-8-26-30(19-47-33(26)28)41(34(44)35(36,37)38)23-10-12-25-22(14-32(42)43)18-46-31(25)15-23/h2-13,15-16,22,30H,14,17-19H2,1H3,(H,42,43)/t22-,30-/m1/s1. The third-order valence-electron chi connectivity index (χ3n) is 8.40. The average molecular weight is 644 g/mol. The number of carboxylic acids is 1.